The van der Waals surface area contributed by atoms with E-state index in [2.05, 4.69) is 36.6 Å². The van der Waals surface area contributed by atoms with Crippen LogP contribution < -0.4 is 5.32 Å². The smallest absolute Gasteiger partial charge is 0.00701 e. The fraction of sp³-hybridized carbons (Fsp3) is 0.625. The lowest BCUT2D eigenvalue weighted by atomic mass is 9.79. The van der Waals surface area contributed by atoms with E-state index < -0.39 is 0 Å². The van der Waals surface area contributed by atoms with E-state index in [1.165, 1.54) is 38.5 Å². The second kappa shape index (κ2) is 4.81. The number of hydrogen-bond donors (Lipinski definition) is 1. The maximum Gasteiger partial charge on any atom is 0.00701 e. The summed E-state index contributed by atoms with van der Waals surface area (Å²) in [7, 11) is 2.09. The first-order chi connectivity index (χ1) is 8.36. The van der Waals surface area contributed by atoms with Crippen LogP contribution in [0.4, 0.5) is 0 Å². The van der Waals surface area contributed by atoms with Gasteiger partial charge in [0.1, 0.15) is 0 Å². The molecule has 1 nitrogen and oxygen atoms in total. The second-order valence-electron chi connectivity index (χ2n) is 5.79. The third-order valence-electron chi connectivity index (χ3n) is 4.83. The molecule has 2 atom stereocenters. The molecule has 0 heterocycles. The van der Waals surface area contributed by atoms with Crippen LogP contribution >= 0.6 is 0 Å². The van der Waals surface area contributed by atoms with Gasteiger partial charge in [-0.1, -0.05) is 30.7 Å². The van der Waals surface area contributed by atoms with Crippen LogP contribution in [0.15, 0.2) is 24.3 Å². The molecule has 0 amide bonds. The molecular weight excluding hydrogens is 206 g/mol. The van der Waals surface area contributed by atoms with Crippen LogP contribution in [0.5, 0.6) is 0 Å². The average Bonchev–Trinajstić information content (AvgIpc) is 2.76. The molecule has 2 unspecified atom stereocenters. The summed E-state index contributed by atoms with van der Waals surface area (Å²) in [4.78, 5) is 0. The van der Waals surface area contributed by atoms with Gasteiger partial charge in [0.2, 0.25) is 0 Å². The molecule has 92 valence electrons. The van der Waals surface area contributed by atoms with Gasteiger partial charge in [-0.25, -0.2) is 0 Å². The number of benzene rings is 1. The van der Waals surface area contributed by atoms with E-state index in [9.17, 15) is 0 Å². The average molecular weight is 229 g/mol. The van der Waals surface area contributed by atoms with Crippen molar-refractivity contribution in [2.45, 2.75) is 56.4 Å². The Labute approximate surface area is 105 Å². The van der Waals surface area contributed by atoms with Gasteiger partial charge in [-0.3, -0.25) is 0 Å². The van der Waals surface area contributed by atoms with E-state index in [-0.39, 0.29) is 0 Å². The van der Waals surface area contributed by atoms with Gasteiger partial charge in [0.25, 0.3) is 0 Å². The minimum absolute atomic E-state index is 0.742. The van der Waals surface area contributed by atoms with E-state index in [1.807, 2.05) is 0 Å². The van der Waals surface area contributed by atoms with Crippen LogP contribution in [0.2, 0.25) is 0 Å². The van der Waals surface area contributed by atoms with E-state index in [0.717, 1.165) is 17.9 Å². The van der Waals surface area contributed by atoms with Crippen LogP contribution in [0, 0.1) is 0 Å². The van der Waals surface area contributed by atoms with Crippen LogP contribution in [0.1, 0.15) is 61.5 Å². The Hall–Kier alpha value is -0.820. The highest BCUT2D eigenvalue weighted by molar-refractivity contribution is 5.29. The minimum atomic E-state index is 0.742. The van der Waals surface area contributed by atoms with Gasteiger partial charge in [0, 0.05) is 6.04 Å². The summed E-state index contributed by atoms with van der Waals surface area (Å²) in [5, 5.41) is 3.41. The van der Waals surface area contributed by atoms with Crippen LogP contribution in [0.25, 0.3) is 0 Å². The zero-order chi connectivity index (χ0) is 11.7. The molecule has 17 heavy (non-hydrogen) atoms. The van der Waals surface area contributed by atoms with E-state index in [1.54, 1.807) is 11.1 Å². The summed E-state index contributed by atoms with van der Waals surface area (Å²) in [6.45, 7) is 0. The molecule has 3 rings (SSSR count). The molecule has 0 aliphatic heterocycles. The lowest BCUT2D eigenvalue weighted by molar-refractivity contribution is 0.419. The Kier molecular flexibility index (Phi) is 3.19. The number of nitrogens with one attached hydrogen (secondary N) is 1. The van der Waals surface area contributed by atoms with Crippen LogP contribution in [-0.4, -0.2) is 13.1 Å². The second-order valence-corrected chi connectivity index (χ2v) is 5.79. The maximum absolute atomic E-state index is 3.41. The summed E-state index contributed by atoms with van der Waals surface area (Å²) in [6, 6.07) is 10.3. The first-order valence-corrected chi connectivity index (χ1v) is 7.14. The minimum Gasteiger partial charge on any atom is -0.317 e. The predicted molar refractivity (Wildman–Crippen MR) is 72.5 cm³/mol. The molecule has 2 saturated carbocycles. The zero-order valence-electron chi connectivity index (χ0n) is 10.8. The van der Waals surface area contributed by atoms with Crippen molar-refractivity contribution in [2.75, 3.05) is 7.05 Å². The van der Waals surface area contributed by atoms with Gasteiger partial charge < -0.3 is 5.32 Å². The molecule has 1 aromatic carbocycles. The molecule has 0 bridgehead atoms. The molecule has 0 saturated heterocycles. The topological polar surface area (TPSA) is 12.0 Å². The molecular formula is C16H23N. The van der Waals surface area contributed by atoms with Crippen molar-refractivity contribution >= 4 is 0 Å². The highest BCUT2D eigenvalue weighted by atomic mass is 14.9. The summed E-state index contributed by atoms with van der Waals surface area (Å²) >= 11 is 0. The van der Waals surface area contributed by atoms with E-state index >= 15 is 0 Å². The fourth-order valence-electron chi connectivity index (χ4n) is 3.33. The SMILES string of the molecule is CNC1CCC(c2ccc(C3CCC3)cc2)C1. The Bertz CT molecular complexity index is 364. The lowest BCUT2D eigenvalue weighted by Crippen LogP contribution is -2.21. The molecule has 1 N–H and O–H groups in total. The first-order valence-electron chi connectivity index (χ1n) is 7.14. The van der Waals surface area contributed by atoms with Gasteiger partial charge in [-0.15, -0.1) is 0 Å². The Balaban J connectivity index is 1.67. The van der Waals surface area contributed by atoms with Crippen molar-refractivity contribution in [1.82, 2.24) is 5.32 Å². The van der Waals surface area contributed by atoms with Gasteiger partial charge >= 0.3 is 0 Å². The van der Waals surface area contributed by atoms with Gasteiger partial charge in [0.15, 0.2) is 0 Å². The Morgan fingerprint density at radius 2 is 1.53 bits per heavy atom. The third kappa shape index (κ3) is 2.26. The van der Waals surface area contributed by atoms with Crippen LogP contribution in [0.3, 0.4) is 0 Å². The summed E-state index contributed by atoms with van der Waals surface area (Å²) < 4.78 is 0. The highest BCUT2D eigenvalue weighted by Crippen LogP contribution is 2.38. The standard InChI is InChI=1S/C16H23N/c1-17-16-10-9-15(11-16)14-7-5-13(6-8-14)12-3-2-4-12/h5-8,12,15-17H,2-4,9-11H2,1H3. The van der Waals surface area contributed by atoms with Gasteiger partial charge in [-0.2, -0.15) is 0 Å². The molecule has 2 aliphatic carbocycles. The molecule has 0 radical (unpaired) electrons. The van der Waals surface area contributed by atoms with Crippen molar-refractivity contribution < 1.29 is 0 Å². The van der Waals surface area contributed by atoms with Crippen LogP contribution in [-0.2, 0) is 0 Å². The van der Waals surface area contributed by atoms with Crippen molar-refractivity contribution in [3.8, 4) is 0 Å². The summed E-state index contributed by atoms with van der Waals surface area (Å²) in [5.41, 5.74) is 3.13. The molecule has 0 aromatic heterocycles. The van der Waals surface area contributed by atoms with Crippen molar-refractivity contribution in [3.63, 3.8) is 0 Å². The normalized spacial score (nSPS) is 29.2. The first kappa shape index (κ1) is 11.3. The van der Waals surface area contributed by atoms with Crippen molar-refractivity contribution in [3.05, 3.63) is 35.4 Å². The van der Waals surface area contributed by atoms with Crippen molar-refractivity contribution in [2.24, 2.45) is 0 Å². The summed E-state index contributed by atoms with van der Waals surface area (Å²) in [5.74, 6) is 1.67. The van der Waals surface area contributed by atoms with Crippen molar-refractivity contribution in [1.29, 1.82) is 0 Å². The lowest BCUT2D eigenvalue weighted by Gasteiger charge is -2.26. The third-order valence-corrected chi connectivity index (χ3v) is 4.83. The van der Waals surface area contributed by atoms with E-state index in [0.29, 0.717) is 0 Å². The Morgan fingerprint density at radius 1 is 0.882 bits per heavy atom. The zero-order valence-corrected chi connectivity index (χ0v) is 10.8. The Morgan fingerprint density at radius 3 is 2.00 bits per heavy atom. The molecule has 2 aliphatic rings. The maximum atomic E-state index is 3.41. The molecule has 0 spiro atoms. The monoisotopic (exact) mass is 229 g/mol. The molecule has 1 heteroatoms. The molecule has 2 fully saturated rings. The van der Waals surface area contributed by atoms with Gasteiger partial charge in [-0.05, 0) is 62.1 Å². The van der Waals surface area contributed by atoms with Gasteiger partial charge in [0.05, 0.1) is 0 Å². The van der Waals surface area contributed by atoms with E-state index in [4.69, 9.17) is 0 Å². The number of rotatable bonds is 3. The highest BCUT2D eigenvalue weighted by Gasteiger charge is 2.25. The number of hydrogen-bond acceptors (Lipinski definition) is 1. The molecule has 1 aromatic rings. The largest absolute Gasteiger partial charge is 0.317 e. The summed E-state index contributed by atoms with van der Waals surface area (Å²) in [6.07, 6.45) is 8.26. The fourth-order valence-corrected chi connectivity index (χ4v) is 3.33. The quantitative estimate of drug-likeness (QED) is 0.831. The predicted octanol–water partition coefficient (Wildman–Crippen LogP) is 3.81.